The molecular formula is C13H27N3O4S. The van der Waals surface area contributed by atoms with Crippen LogP contribution in [-0.2, 0) is 15.0 Å². The molecule has 21 heavy (non-hydrogen) atoms. The Bertz CT molecular complexity index is 444. The molecule has 1 aliphatic heterocycles. The fourth-order valence-corrected chi connectivity index (χ4v) is 4.62. The highest BCUT2D eigenvalue weighted by Crippen LogP contribution is 2.22. The fourth-order valence-electron chi connectivity index (χ4n) is 2.80. The molecule has 0 saturated carbocycles. The van der Waals surface area contributed by atoms with Gasteiger partial charge in [-0.2, -0.15) is 17.0 Å². The van der Waals surface area contributed by atoms with Crippen molar-refractivity contribution in [2.45, 2.75) is 32.7 Å². The molecule has 0 amide bonds. The molecule has 1 unspecified atom stereocenters. The summed E-state index contributed by atoms with van der Waals surface area (Å²) in [4.78, 5) is 12.9. The summed E-state index contributed by atoms with van der Waals surface area (Å²) in [5, 5.41) is 8.99. The van der Waals surface area contributed by atoms with E-state index in [0.717, 1.165) is 0 Å². The van der Waals surface area contributed by atoms with Gasteiger partial charge in [-0.25, -0.2) is 0 Å². The lowest BCUT2D eigenvalue weighted by molar-refractivity contribution is -0.142. The minimum absolute atomic E-state index is 0.118. The molecule has 1 saturated heterocycles. The minimum atomic E-state index is -3.52. The van der Waals surface area contributed by atoms with Crippen LogP contribution in [0.2, 0.25) is 0 Å². The van der Waals surface area contributed by atoms with Crippen molar-refractivity contribution >= 4 is 16.2 Å². The molecule has 1 fully saturated rings. The number of aliphatic carboxylic acids is 1. The van der Waals surface area contributed by atoms with E-state index in [-0.39, 0.29) is 19.1 Å². The van der Waals surface area contributed by atoms with Crippen LogP contribution in [0.1, 0.15) is 26.7 Å². The molecule has 0 aliphatic carbocycles. The van der Waals surface area contributed by atoms with Crippen LogP contribution in [0.15, 0.2) is 0 Å². The molecule has 0 aromatic heterocycles. The second kappa shape index (κ2) is 7.53. The normalized spacial score (nSPS) is 20.1. The Hall–Kier alpha value is -0.700. The monoisotopic (exact) mass is 321 g/mol. The van der Waals surface area contributed by atoms with Crippen molar-refractivity contribution < 1.29 is 18.3 Å². The number of nitrogens with zero attached hydrogens (tertiary/aromatic N) is 3. The summed E-state index contributed by atoms with van der Waals surface area (Å²) in [5.74, 6) is -1.26. The molecule has 1 rings (SSSR count). The molecule has 0 spiro atoms. The molecule has 0 radical (unpaired) electrons. The largest absolute Gasteiger partial charge is 0.481 e. The maximum absolute atomic E-state index is 12.7. The zero-order chi connectivity index (χ0) is 16.2. The van der Waals surface area contributed by atoms with Gasteiger partial charge in [-0.05, 0) is 33.9 Å². The molecular weight excluding hydrogens is 294 g/mol. The van der Waals surface area contributed by atoms with Crippen molar-refractivity contribution in [3.8, 4) is 0 Å². The third-order valence-corrected chi connectivity index (χ3v) is 6.09. The Morgan fingerprint density at radius 3 is 2.24 bits per heavy atom. The first kappa shape index (κ1) is 18.3. The Labute approximate surface area is 127 Å². The maximum atomic E-state index is 12.7. The van der Waals surface area contributed by atoms with Gasteiger partial charge in [0.25, 0.3) is 10.2 Å². The van der Waals surface area contributed by atoms with Crippen LogP contribution >= 0.6 is 0 Å². The number of piperidine rings is 1. The number of hydrogen-bond donors (Lipinski definition) is 1. The minimum Gasteiger partial charge on any atom is -0.481 e. The van der Waals surface area contributed by atoms with Crippen molar-refractivity contribution in [2.24, 2.45) is 5.92 Å². The number of hydrogen-bond acceptors (Lipinski definition) is 4. The Kier molecular flexibility index (Phi) is 6.58. The number of rotatable bonds is 7. The van der Waals surface area contributed by atoms with Crippen molar-refractivity contribution in [3.63, 3.8) is 0 Å². The molecule has 124 valence electrons. The molecule has 1 atom stereocenters. The number of carboxylic acids is 1. The highest BCUT2D eigenvalue weighted by Gasteiger charge is 2.36. The van der Waals surface area contributed by atoms with Gasteiger partial charge < -0.3 is 10.0 Å². The van der Waals surface area contributed by atoms with Crippen LogP contribution in [0.4, 0.5) is 0 Å². The van der Waals surface area contributed by atoms with Crippen molar-refractivity contribution in [2.75, 3.05) is 40.3 Å². The van der Waals surface area contributed by atoms with Gasteiger partial charge in [0.1, 0.15) is 0 Å². The average molecular weight is 321 g/mol. The van der Waals surface area contributed by atoms with E-state index in [4.69, 9.17) is 5.11 Å². The fraction of sp³-hybridized carbons (Fsp3) is 0.923. The smallest absolute Gasteiger partial charge is 0.306 e. The first-order chi connectivity index (χ1) is 9.70. The van der Waals surface area contributed by atoms with Crippen LogP contribution in [-0.4, -0.2) is 79.3 Å². The van der Waals surface area contributed by atoms with E-state index in [1.165, 1.54) is 8.61 Å². The van der Waals surface area contributed by atoms with Crippen molar-refractivity contribution in [1.29, 1.82) is 0 Å². The van der Waals surface area contributed by atoms with Crippen LogP contribution in [0.25, 0.3) is 0 Å². The summed E-state index contributed by atoms with van der Waals surface area (Å²) in [6.45, 7) is 5.35. The molecule has 1 aliphatic rings. The summed E-state index contributed by atoms with van der Waals surface area (Å²) in [6.07, 6.45) is 0.766. The summed E-state index contributed by atoms with van der Waals surface area (Å²) < 4.78 is 28.3. The number of carboxylic acid groups (broad SMARTS) is 1. The zero-order valence-corrected chi connectivity index (χ0v) is 14.1. The van der Waals surface area contributed by atoms with Gasteiger partial charge in [-0.1, -0.05) is 6.92 Å². The average Bonchev–Trinajstić information content (AvgIpc) is 2.38. The third-order valence-electron chi connectivity index (χ3n) is 3.86. The quantitative estimate of drug-likeness (QED) is 0.729. The van der Waals surface area contributed by atoms with Gasteiger partial charge >= 0.3 is 5.97 Å². The van der Waals surface area contributed by atoms with E-state index < -0.39 is 22.1 Å². The zero-order valence-electron chi connectivity index (χ0n) is 13.3. The third kappa shape index (κ3) is 4.64. The van der Waals surface area contributed by atoms with E-state index in [1.807, 2.05) is 32.8 Å². The Morgan fingerprint density at radius 2 is 1.86 bits per heavy atom. The molecule has 7 nitrogen and oxygen atoms in total. The van der Waals surface area contributed by atoms with Crippen LogP contribution in [0.3, 0.4) is 0 Å². The molecule has 1 N–H and O–H groups in total. The van der Waals surface area contributed by atoms with Gasteiger partial charge in [0, 0.05) is 32.2 Å². The Balaban J connectivity index is 2.77. The SMILES string of the molecule is CCN(C(C)CN(C)C)S(=O)(=O)N1CCC(C(=O)O)CC1. The predicted molar refractivity (Wildman–Crippen MR) is 81.2 cm³/mol. The number of carbonyl (C=O) groups is 1. The predicted octanol–water partition coefficient (Wildman–Crippen LogP) is 0.300. The van der Waals surface area contributed by atoms with E-state index in [0.29, 0.717) is 25.9 Å². The summed E-state index contributed by atoms with van der Waals surface area (Å²) in [5.41, 5.74) is 0. The van der Waals surface area contributed by atoms with E-state index in [2.05, 4.69) is 0 Å². The van der Waals surface area contributed by atoms with Crippen molar-refractivity contribution in [3.05, 3.63) is 0 Å². The summed E-state index contributed by atoms with van der Waals surface area (Å²) >= 11 is 0. The van der Waals surface area contributed by atoms with Gasteiger partial charge in [0.2, 0.25) is 0 Å². The highest BCUT2D eigenvalue weighted by molar-refractivity contribution is 7.86. The summed E-state index contributed by atoms with van der Waals surface area (Å²) in [6, 6.07) is -0.118. The molecule has 0 bridgehead atoms. The van der Waals surface area contributed by atoms with E-state index >= 15 is 0 Å². The lowest BCUT2D eigenvalue weighted by atomic mass is 9.99. The first-order valence-electron chi connectivity index (χ1n) is 7.34. The highest BCUT2D eigenvalue weighted by atomic mass is 32.2. The lowest BCUT2D eigenvalue weighted by Crippen LogP contribution is -2.52. The van der Waals surface area contributed by atoms with Crippen LogP contribution in [0, 0.1) is 5.92 Å². The van der Waals surface area contributed by atoms with E-state index in [9.17, 15) is 13.2 Å². The first-order valence-corrected chi connectivity index (χ1v) is 8.74. The molecule has 8 heteroatoms. The number of likely N-dealkylation sites (N-methyl/N-ethyl adjacent to an activating group) is 2. The Morgan fingerprint density at radius 1 is 1.33 bits per heavy atom. The second-order valence-electron chi connectivity index (χ2n) is 5.83. The van der Waals surface area contributed by atoms with Crippen LogP contribution in [0.5, 0.6) is 0 Å². The molecule has 1 heterocycles. The van der Waals surface area contributed by atoms with Crippen molar-refractivity contribution in [1.82, 2.24) is 13.5 Å². The lowest BCUT2D eigenvalue weighted by Gasteiger charge is -2.36. The second-order valence-corrected chi connectivity index (χ2v) is 7.72. The van der Waals surface area contributed by atoms with Gasteiger partial charge in [0.15, 0.2) is 0 Å². The van der Waals surface area contributed by atoms with Gasteiger partial charge in [0.05, 0.1) is 5.92 Å². The topological polar surface area (TPSA) is 81.2 Å². The standard InChI is InChI=1S/C13H27N3O4S/c1-5-16(11(2)10-14(3)4)21(19,20)15-8-6-12(7-9-15)13(17)18/h11-12H,5-10H2,1-4H3,(H,17,18). The molecule has 0 aromatic carbocycles. The molecule has 0 aromatic rings. The summed E-state index contributed by atoms with van der Waals surface area (Å²) in [7, 11) is 0.303. The van der Waals surface area contributed by atoms with Gasteiger partial charge in [-0.3, -0.25) is 4.79 Å². The maximum Gasteiger partial charge on any atom is 0.306 e. The van der Waals surface area contributed by atoms with E-state index in [1.54, 1.807) is 0 Å². The van der Waals surface area contributed by atoms with Crippen LogP contribution < -0.4 is 0 Å². The van der Waals surface area contributed by atoms with Gasteiger partial charge in [-0.15, -0.1) is 0 Å².